The van der Waals surface area contributed by atoms with Crippen molar-refractivity contribution in [1.29, 1.82) is 0 Å². The second kappa shape index (κ2) is 7.70. The van der Waals surface area contributed by atoms with Crippen molar-refractivity contribution in [3.8, 4) is 17.0 Å². The average molecular weight is 438 g/mol. The van der Waals surface area contributed by atoms with E-state index in [9.17, 15) is 9.50 Å². The Balaban J connectivity index is 1.57. The zero-order valence-corrected chi connectivity index (χ0v) is 17.5. The molecular formula is C19H20FN3O2S3. The lowest BCUT2D eigenvalue weighted by Gasteiger charge is -2.35. The van der Waals surface area contributed by atoms with Crippen LogP contribution in [0.5, 0.6) is 5.75 Å². The highest BCUT2D eigenvalue weighted by atomic mass is 32.2. The molecule has 1 aliphatic heterocycles. The molecular weight excluding hydrogens is 417 g/mol. The number of nitrogens with one attached hydrogen (secondary N) is 1. The van der Waals surface area contributed by atoms with Gasteiger partial charge in [0.1, 0.15) is 11.6 Å². The van der Waals surface area contributed by atoms with Crippen molar-refractivity contribution in [3.63, 3.8) is 0 Å². The van der Waals surface area contributed by atoms with Gasteiger partial charge in [-0.2, -0.15) is 4.39 Å². The van der Waals surface area contributed by atoms with Crippen molar-refractivity contribution >= 4 is 54.6 Å². The second-order valence-corrected chi connectivity index (χ2v) is 9.81. The van der Waals surface area contributed by atoms with E-state index in [1.807, 2.05) is 4.90 Å². The van der Waals surface area contributed by atoms with Crippen molar-refractivity contribution in [1.82, 2.24) is 9.97 Å². The smallest absolute Gasteiger partial charge is 0.224 e. The Kier molecular flexibility index (Phi) is 5.43. The van der Waals surface area contributed by atoms with Gasteiger partial charge in [-0.1, -0.05) is 0 Å². The number of aromatic hydroxyl groups is 1. The number of aromatic nitrogens is 2. The van der Waals surface area contributed by atoms with Crippen LogP contribution in [-0.4, -0.2) is 37.9 Å². The van der Waals surface area contributed by atoms with Crippen LogP contribution < -0.4 is 4.90 Å². The molecule has 4 rings (SSSR count). The minimum atomic E-state index is -1.11. The summed E-state index contributed by atoms with van der Waals surface area (Å²) in [7, 11) is 0. The molecule has 9 heteroatoms. The molecule has 28 heavy (non-hydrogen) atoms. The molecule has 3 heterocycles. The molecule has 0 spiro atoms. The quantitative estimate of drug-likeness (QED) is 0.238. The first-order valence-electron chi connectivity index (χ1n) is 8.87. The number of phenols is 1. The maximum atomic E-state index is 14.8. The molecule has 0 amide bonds. The van der Waals surface area contributed by atoms with Crippen molar-refractivity contribution in [2.75, 3.05) is 18.0 Å². The van der Waals surface area contributed by atoms with Gasteiger partial charge in [-0.05, 0) is 49.2 Å². The maximum Gasteiger partial charge on any atom is 0.224 e. The van der Waals surface area contributed by atoms with Crippen LogP contribution in [0.3, 0.4) is 0 Å². The highest BCUT2D eigenvalue weighted by Crippen LogP contribution is 2.32. The van der Waals surface area contributed by atoms with Crippen LogP contribution in [0.2, 0.25) is 0 Å². The van der Waals surface area contributed by atoms with Crippen molar-refractivity contribution in [2.24, 2.45) is 0 Å². The number of H-pyrrole nitrogens is 1. The predicted octanol–water partition coefficient (Wildman–Crippen LogP) is 4.46. The third kappa shape index (κ3) is 4.37. The van der Waals surface area contributed by atoms with E-state index in [4.69, 9.17) is 4.74 Å². The fourth-order valence-electron chi connectivity index (χ4n) is 3.53. The molecule has 1 aliphatic rings. The van der Waals surface area contributed by atoms with E-state index < -0.39 is 9.54 Å². The number of benzene rings is 1. The molecule has 3 aromatic rings. The first-order chi connectivity index (χ1) is 13.3. The Labute approximate surface area is 178 Å². The van der Waals surface area contributed by atoms with E-state index in [2.05, 4.69) is 47.9 Å². The molecule has 0 bridgehead atoms. The minimum Gasteiger partial charge on any atom is -0.508 e. The number of thiol groups is 3. The molecule has 0 aliphatic carbocycles. The molecule has 1 fully saturated rings. The lowest BCUT2D eigenvalue weighted by molar-refractivity contribution is 0.0512. The van der Waals surface area contributed by atoms with E-state index in [1.165, 1.54) is 0 Å². The van der Waals surface area contributed by atoms with Crippen LogP contribution in [0.4, 0.5) is 10.2 Å². The molecule has 1 aromatic carbocycles. The van der Waals surface area contributed by atoms with Crippen molar-refractivity contribution in [3.05, 3.63) is 42.3 Å². The van der Waals surface area contributed by atoms with Gasteiger partial charge in [0, 0.05) is 24.0 Å². The molecule has 2 aromatic heterocycles. The van der Waals surface area contributed by atoms with E-state index in [1.54, 1.807) is 36.4 Å². The predicted molar refractivity (Wildman–Crippen MR) is 119 cm³/mol. The van der Waals surface area contributed by atoms with Crippen molar-refractivity contribution < 1.29 is 14.2 Å². The number of halogens is 1. The lowest BCUT2D eigenvalue weighted by Crippen LogP contribution is -2.42. The maximum absolute atomic E-state index is 14.8. The van der Waals surface area contributed by atoms with E-state index in [0.717, 1.165) is 30.3 Å². The molecule has 0 saturated carbocycles. The number of nitrogens with zero attached hydrogens (tertiary/aromatic N) is 2. The van der Waals surface area contributed by atoms with Crippen LogP contribution in [0.1, 0.15) is 12.8 Å². The SMILES string of the molecule is Oc1ccc2[nH]c(-c3ccc(N4CCC[C@H](OC(S)(S)S)C4)nc3F)cc2c1. The second-order valence-electron chi connectivity index (χ2n) is 6.86. The largest absolute Gasteiger partial charge is 0.508 e. The van der Waals surface area contributed by atoms with Crippen LogP contribution in [-0.2, 0) is 4.74 Å². The number of hydrogen-bond donors (Lipinski definition) is 5. The van der Waals surface area contributed by atoms with Crippen LogP contribution in [0.25, 0.3) is 22.2 Å². The fourth-order valence-corrected chi connectivity index (χ4v) is 3.98. The summed E-state index contributed by atoms with van der Waals surface area (Å²) < 4.78 is 19.4. The lowest BCUT2D eigenvalue weighted by atomic mass is 10.1. The number of piperidine rings is 1. The zero-order chi connectivity index (χ0) is 19.9. The van der Waals surface area contributed by atoms with Gasteiger partial charge in [0.05, 0.1) is 17.4 Å². The average Bonchev–Trinajstić information content (AvgIpc) is 3.03. The Bertz CT molecular complexity index is 1010. The number of pyridine rings is 1. The van der Waals surface area contributed by atoms with Gasteiger partial charge in [-0.25, -0.2) is 4.98 Å². The first-order valence-corrected chi connectivity index (χ1v) is 10.2. The Morgan fingerprint density at radius 3 is 2.79 bits per heavy atom. The normalized spacial score (nSPS) is 18.0. The van der Waals surface area contributed by atoms with E-state index in [-0.39, 0.29) is 11.9 Å². The number of phenolic OH excluding ortho intramolecular Hbond substituents is 1. The molecule has 1 saturated heterocycles. The molecule has 148 valence electrons. The van der Waals surface area contributed by atoms with Crippen molar-refractivity contribution in [2.45, 2.75) is 22.5 Å². The minimum absolute atomic E-state index is 0.104. The summed E-state index contributed by atoms with van der Waals surface area (Å²) in [4.78, 5) is 9.32. The fraction of sp³-hybridized carbons (Fsp3) is 0.316. The van der Waals surface area contributed by atoms with Gasteiger partial charge in [0.15, 0.2) is 3.60 Å². The van der Waals surface area contributed by atoms with Gasteiger partial charge >= 0.3 is 0 Å². The number of aromatic amines is 1. The molecule has 0 radical (unpaired) electrons. The van der Waals surface area contributed by atoms with Gasteiger partial charge in [0.2, 0.25) is 5.95 Å². The number of ether oxygens (including phenoxy) is 1. The van der Waals surface area contributed by atoms with Gasteiger partial charge < -0.3 is 19.7 Å². The van der Waals surface area contributed by atoms with E-state index in [0.29, 0.717) is 23.6 Å². The van der Waals surface area contributed by atoms with Crippen LogP contribution in [0, 0.1) is 5.95 Å². The summed E-state index contributed by atoms with van der Waals surface area (Å²) in [6.07, 6.45) is 1.65. The monoisotopic (exact) mass is 437 g/mol. The Hall–Kier alpha value is -1.55. The van der Waals surface area contributed by atoms with Gasteiger partial charge in [0.25, 0.3) is 0 Å². The molecule has 2 N–H and O–H groups in total. The van der Waals surface area contributed by atoms with Gasteiger partial charge in [-0.3, -0.25) is 0 Å². The summed E-state index contributed by atoms with van der Waals surface area (Å²) in [5.41, 5.74) is 1.81. The molecule has 0 unspecified atom stereocenters. The topological polar surface area (TPSA) is 61.4 Å². The summed E-state index contributed by atoms with van der Waals surface area (Å²) in [6, 6.07) is 10.3. The highest BCUT2D eigenvalue weighted by molar-refractivity contribution is 8.16. The Morgan fingerprint density at radius 1 is 1.21 bits per heavy atom. The van der Waals surface area contributed by atoms with Crippen LogP contribution >= 0.6 is 37.9 Å². The summed E-state index contributed by atoms with van der Waals surface area (Å²) in [5, 5.41) is 10.4. The number of anilines is 1. The molecule has 1 atom stereocenters. The number of rotatable bonds is 4. The molecule has 5 nitrogen and oxygen atoms in total. The standard InChI is InChI=1S/C19H20FN3O2S3/c20-18-14(16-9-11-8-12(24)3-5-15(11)21-16)4-6-17(22-18)23-7-1-2-13(10-23)25-19(26,27)28/h3-6,8-9,13,21,24,26-28H,1-2,7,10H2/t13-/m0/s1. The van der Waals surface area contributed by atoms with Gasteiger partial charge in [-0.15, -0.1) is 37.9 Å². The summed E-state index contributed by atoms with van der Waals surface area (Å²) >= 11 is 12.5. The highest BCUT2D eigenvalue weighted by Gasteiger charge is 2.27. The third-order valence-electron chi connectivity index (χ3n) is 4.76. The number of hydrogen-bond acceptors (Lipinski definition) is 7. The summed E-state index contributed by atoms with van der Waals surface area (Å²) in [5.74, 6) is 0.177. The van der Waals surface area contributed by atoms with Crippen LogP contribution in [0.15, 0.2) is 36.4 Å². The number of fused-ring (bicyclic) bond motifs is 1. The Morgan fingerprint density at radius 2 is 2.04 bits per heavy atom. The van der Waals surface area contributed by atoms with E-state index >= 15 is 0 Å². The third-order valence-corrected chi connectivity index (χ3v) is 5.07. The first kappa shape index (κ1) is 19.8. The summed E-state index contributed by atoms with van der Waals surface area (Å²) in [6.45, 7) is 1.34. The zero-order valence-electron chi connectivity index (χ0n) is 14.8.